The second-order valence-electron chi connectivity index (χ2n) is 7.33. The fourth-order valence-electron chi connectivity index (χ4n) is 4.03. The predicted octanol–water partition coefficient (Wildman–Crippen LogP) is 6.86. The van der Waals surface area contributed by atoms with Crippen LogP contribution in [0.3, 0.4) is 0 Å². The SMILES string of the molecule is CSc1ccc(C#Cc2ccc(C3[C-](C)C(C)C(C)C3C)cc2)cc1.[CH3-].[Fe+2]. The van der Waals surface area contributed by atoms with Crippen LogP contribution in [0.4, 0.5) is 0 Å². The van der Waals surface area contributed by atoms with Gasteiger partial charge in [-0.1, -0.05) is 62.1 Å². The molecule has 144 valence electrons. The molecule has 4 unspecified atom stereocenters. The second kappa shape index (κ2) is 10.4. The molecule has 1 fully saturated rings. The molecule has 0 aromatic heterocycles. The largest absolute Gasteiger partial charge is 2.00 e. The Morgan fingerprint density at radius 3 is 1.70 bits per heavy atom. The molecule has 0 saturated heterocycles. The maximum Gasteiger partial charge on any atom is 2.00 e. The molecule has 0 amide bonds. The van der Waals surface area contributed by atoms with Gasteiger partial charge >= 0.3 is 17.1 Å². The van der Waals surface area contributed by atoms with E-state index in [9.17, 15) is 0 Å². The third-order valence-electron chi connectivity index (χ3n) is 6.06. The molecule has 1 aliphatic rings. The summed E-state index contributed by atoms with van der Waals surface area (Å²) in [5, 5.41) is 0. The van der Waals surface area contributed by atoms with Crippen molar-refractivity contribution in [3.8, 4) is 11.8 Å². The van der Waals surface area contributed by atoms with Crippen LogP contribution in [-0.2, 0) is 17.1 Å². The van der Waals surface area contributed by atoms with E-state index in [2.05, 4.69) is 94.3 Å². The van der Waals surface area contributed by atoms with Gasteiger partial charge in [0.15, 0.2) is 0 Å². The zero-order chi connectivity index (χ0) is 18.0. The fourth-order valence-corrected chi connectivity index (χ4v) is 4.44. The molecule has 0 aliphatic heterocycles. The Morgan fingerprint density at radius 2 is 1.30 bits per heavy atom. The first-order valence-corrected chi connectivity index (χ1v) is 10.3. The molecular formula is C25H30FeS. The minimum atomic E-state index is 0. The van der Waals surface area contributed by atoms with E-state index in [0.717, 1.165) is 17.0 Å². The molecule has 0 nitrogen and oxygen atoms in total. The van der Waals surface area contributed by atoms with Crippen LogP contribution in [0.15, 0.2) is 53.4 Å². The van der Waals surface area contributed by atoms with Crippen molar-refractivity contribution in [2.24, 2.45) is 17.8 Å². The Balaban J connectivity index is 0.00000182. The van der Waals surface area contributed by atoms with Gasteiger partial charge in [0.1, 0.15) is 0 Å². The molecule has 1 aliphatic carbocycles. The zero-order valence-electron chi connectivity index (χ0n) is 17.2. The molecule has 4 atom stereocenters. The van der Waals surface area contributed by atoms with Crippen molar-refractivity contribution >= 4 is 11.8 Å². The molecule has 0 spiro atoms. The standard InChI is InChI=1S/C24H27S.CH3.Fe/c1-16-17(2)19(4)24(18(16)3)22-12-8-20(9-13-22)6-7-21-10-14-23(25-5)15-11-21;;/h8-18,24H,1-5H3;1H3;/q2*-1;+2. The van der Waals surface area contributed by atoms with Gasteiger partial charge in [-0.15, -0.1) is 17.7 Å². The smallest absolute Gasteiger partial charge is 0.358 e. The molecule has 2 aromatic rings. The molecule has 2 heteroatoms. The number of hydrogen-bond acceptors (Lipinski definition) is 1. The van der Waals surface area contributed by atoms with Crippen LogP contribution < -0.4 is 0 Å². The fraction of sp³-hybridized carbons (Fsp3) is 0.360. The van der Waals surface area contributed by atoms with Crippen molar-refractivity contribution in [1.82, 2.24) is 0 Å². The van der Waals surface area contributed by atoms with Crippen LogP contribution in [0.2, 0.25) is 0 Å². The van der Waals surface area contributed by atoms with Crippen molar-refractivity contribution < 1.29 is 17.1 Å². The summed E-state index contributed by atoms with van der Waals surface area (Å²) in [6.45, 7) is 9.50. The number of hydrogen-bond donors (Lipinski definition) is 0. The predicted molar refractivity (Wildman–Crippen MR) is 116 cm³/mol. The summed E-state index contributed by atoms with van der Waals surface area (Å²) in [5.41, 5.74) is 3.59. The van der Waals surface area contributed by atoms with Crippen LogP contribution in [0, 0.1) is 42.9 Å². The third kappa shape index (κ3) is 5.23. The van der Waals surface area contributed by atoms with Gasteiger partial charge < -0.3 is 13.3 Å². The number of benzene rings is 2. The second-order valence-corrected chi connectivity index (χ2v) is 8.21. The van der Waals surface area contributed by atoms with Crippen LogP contribution in [0.25, 0.3) is 0 Å². The van der Waals surface area contributed by atoms with E-state index in [1.54, 1.807) is 17.7 Å². The first-order chi connectivity index (χ1) is 12.0. The molecule has 0 radical (unpaired) electrons. The number of thioether (sulfide) groups is 1. The van der Waals surface area contributed by atoms with Crippen molar-refractivity contribution in [1.29, 1.82) is 0 Å². The monoisotopic (exact) mass is 418 g/mol. The van der Waals surface area contributed by atoms with Gasteiger partial charge in [-0.2, -0.15) is 12.8 Å². The minimum absolute atomic E-state index is 0. The summed E-state index contributed by atoms with van der Waals surface area (Å²) >= 11 is 1.76. The number of rotatable bonds is 2. The Hall–Kier alpha value is -1.13. The quantitative estimate of drug-likeness (QED) is 0.222. The van der Waals surface area contributed by atoms with E-state index in [1.165, 1.54) is 10.5 Å². The molecule has 27 heavy (non-hydrogen) atoms. The topological polar surface area (TPSA) is 0 Å². The van der Waals surface area contributed by atoms with E-state index >= 15 is 0 Å². The van der Waals surface area contributed by atoms with Gasteiger partial charge in [-0.05, 0) is 42.7 Å². The molecular weight excluding hydrogens is 388 g/mol. The van der Waals surface area contributed by atoms with Gasteiger partial charge in [0.05, 0.1) is 0 Å². The van der Waals surface area contributed by atoms with Crippen LogP contribution in [-0.4, -0.2) is 6.26 Å². The molecule has 1 saturated carbocycles. The summed E-state index contributed by atoms with van der Waals surface area (Å²) in [5.74, 6) is 11.0. The average molecular weight is 418 g/mol. The van der Waals surface area contributed by atoms with Crippen LogP contribution in [0.1, 0.15) is 50.3 Å². The average Bonchev–Trinajstić information content (AvgIpc) is 2.84. The first kappa shape index (κ1) is 23.9. The summed E-state index contributed by atoms with van der Waals surface area (Å²) in [7, 11) is 0. The Bertz CT molecular complexity index is 753. The maximum absolute atomic E-state index is 3.29. The van der Waals surface area contributed by atoms with Crippen molar-refractivity contribution in [3.05, 3.63) is 78.6 Å². The third-order valence-corrected chi connectivity index (χ3v) is 6.81. The first-order valence-electron chi connectivity index (χ1n) is 9.10. The van der Waals surface area contributed by atoms with Crippen molar-refractivity contribution in [2.75, 3.05) is 6.26 Å². The van der Waals surface area contributed by atoms with Gasteiger partial charge in [-0.3, -0.25) is 0 Å². The van der Waals surface area contributed by atoms with E-state index in [-0.39, 0.29) is 24.5 Å². The summed E-state index contributed by atoms with van der Waals surface area (Å²) in [4.78, 5) is 1.27. The molecule has 0 N–H and O–H groups in total. The van der Waals surface area contributed by atoms with E-state index < -0.39 is 0 Å². The van der Waals surface area contributed by atoms with Gasteiger partial charge in [0.25, 0.3) is 0 Å². The summed E-state index contributed by atoms with van der Waals surface area (Å²) in [6, 6.07) is 17.3. The Morgan fingerprint density at radius 1 is 0.815 bits per heavy atom. The molecule has 3 rings (SSSR count). The van der Waals surface area contributed by atoms with E-state index in [4.69, 9.17) is 0 Å². The van der Waals surface area contributed by atoms with Crippen molar-refractivity contribution in [2.45, 2.75) is 38.5 Å². The van der Waals surface area contributed by atoms with E-state index in [0.29, 0.717) is 17.8 Å². The van der Waals surface area contributed by atoms with Gasteiger partial charge in [0, 0.05) is 16.0 Å². The molecule has 0 heterocycles. The molecule has 2 aromatic carbocycles. The van der Waals surface area contributed by atoms with Crippen LogP contribution in [0.5, 0.6) is 0 Å². The van der Waals surface area contributed by atoms with E-state index in [1.807, 2.05) is 0 Å². The Labute approximate surface area is 181 Å². The van der Waals surface area contributed by atoms with Crippen molar-refractivity contribution in [3.63, 3.8) is 0 Å². The zero-order valence-corrected chi connectivity index (χ0v) is 19.1. The van der Waals surface area contributed by atoms with Gasteiger partial charge in [-0.25, -0.2) is 0 Å². The van der Waals surface area contributed by atoms with Gasteiger partial charge in [0.2, 0.25) is 0 Å². The summed E-state index contributed by atoms with van der Waals surface area (Å²) in [6.07, 6.45) is 2.09. The minimum Gasteiger partial charge on any atom is -0.358 e. The molecule has 0 bridgehead atoms. The summed E-state index contributed by atoms with van der Waals surface area (Å²) < 4.78 is 0. The Kier molecular flexibility index (Phi) is 9.23. The van der Waals surface area contributed by atoms with Crippen LogP contribution >= 0.6 is 11.8 Å². The maximum atomic E-state index is 3.29. The normalized spacial score (nSPS) is 24.3.